The van der Waals surface area contributed by atoms with Gasteiger partial charge in [-0.3, -0.25) is 0 Å². The lowest BCUT2D eigenvalue weighted by molar-refractivity contribution is 0.589. The maximum atomic E-state index is 5.87. The molecule has 0 saturated heterocycles. The van der Waals surface area contributed by atoms with E-state index in [-0.39, 0.29) is 0 Å². The number of nitrogens with two attached hydrogens (primary N) is 1. The zero-order valence-electron chi connectivity index (χ0n) is 8.59. The van der Waals surface area contributed by atoms with Crippen LogP contribution in [-0.4, -0.2) is 6.04 Å². The van der Waals surface area contributed by atoms with Crippen molar-refractivity contribution in [1.29, 1.82) is 0 Å². The van der Waals surface area contributed by atoms with E-state index in [1.54, 1.807) is 0 Å². The van der Waals surface area contributed by atoms with E-state index in [0.717, 1.165) is 12.2 Å². The van der Waals surface area contributed by atoms with Gasteiger partial charge in [0.1, 0.15) is 0 Å². The molecule has 2 heteroatoms. The molecule has 3 N–H and O–H groups in total. The van der Waals surface area contributed by atoms with Crippen molar-refractivity contribution >= 4 is 5.69 Å². The van der Waals surface area contributed by atoms with Crippen molar-refractivity contribution in [2.24, 2.45) is 0 Å². The first-order valence-electron chi connectivity index (χ1n) is 4.68. The van der Waals surface area contributed by atoms with Gasteiger partial charge in [-0.25, -0.2) is 0 Å². The minimum Gasteiger partial charge on any atom is -0.398 e. The smallest absolute Gasteiger partial charge is 0.0362 e. The first-order valence-corrected chi connectivity index (χ1v) is 4.68. The average molecular weight is 178 g/mol. The molecule has 2 nitrogen and oxygen atoms in total. The lowest BCUT2D eigenvalue weighted by atomic mass is 10.1. The molecule has 0 radical (unpaired) electrons. The maximum absolute atomic E-state index is 5.87. The van der Waals surface area contributed by atoms with Crippen LogP contribution < -0.4 is 11.1 Å². The van der Waals surface area contributed by atoms with Gasteiger partial charge >= 0.3 is 0 Å². The molecule has 0 saturated carbocycles. The van der Waals surface area contributed by atoms with Crippen molar-refractivity contribution in [1.82, 2.24) is 5.32 Å². The molecular formula is C11H18N2. The van der Waals surface area contributed by atoms with Crippen molar-refractivity contribution in [3.8, 4) is 0 Å². The van der Waals surface area contributed by atoms with E-state index in [0.29, 0.717) is 6.04 Å². The van der Waals surface area contributed by atoms with E-state index >= 15 is 0 Å². The molecule has 0 bridgehead atoms. The van der Waals surface area contributed by atoms with Crippen LogP contribution in [0.3, 0.4) is 0 Å². The molecule has 0 aliphatic rings. The third kappa shape index (κ3) is 3.07. The zero-order valence-corrected chi connectivity index (χ0v) is 8.59. The summed E-state index contributed by atoms with van der Waals surface area (Å²) in [6, 6.07) is 6.69. The molecule has 0 aliphatic heterocycles. The predicted octanol–water partition coefficient (Wildman–Crippen LogP) is 2.08. The second-order valence-electron chi connectivity index (χ2n) is 3.74. The van der Waals surface area contributed by atoms with Crippen molar-refractivity contribution in [2.75, 3.05) is 5.73 Å². The number of nitrogens with one attached hydrogen (secondary N) is 1. The van der Waals surface area contributed by atoms with Gasteiger partial charge in [0.25, 0.3) is 0 Å². The minimum atomic E-state index is 0.501. The summed E-state index contributed by atoms with van der Waals surface area (Å²) in [6.45, 7) is 7.16. The Kier molecular flexibility index (Phi) is 3.32. The summed E-state index contributed by atoms with van der Waals surface area (Å²) < 4.78 is 0. The van der Waals surface area contributed by atoms with E-state index in [2.05, 4.69) is 38.2 Å². The van der Waals surface area contributed by atoms with Crippen molar-refractivity contribution in [3.63, 3.8) is 0 Å². The standard InChI is InChI=1S/C11H18N2/c1-8(2)13-7-10-5-4-9(3)6-11(10)12/h4-6,8,13H,7,12H2,1-3H3. The summed E-state index contributed by atoms with van der Waals surface area (Å²) in [6.07, 6.45) is 0. The summed E-state index contributed by atoms with van der Waals surface area (Å²) >= 11 is 0. The summed E-state index contributed by atoms with van der Waals surface area (Å²) in [5.74, 6) is 0. The summed E-state index contributed by atoms with van der Waals surface area (Å²) in [7, 11) is 0. The quantitative estimate of drug-likeness (QED) is 0.695. The second-order valence-corrected chi connectivity index (χ2v) is 3.74. The van der Waals surface area contributed by atoms with Gasteiger partial charge in [0.05, 0.1) is 0 Å². The molecule has 0 unspecified atom stereocenters. The van der Waals surface area contributed by atoms with Crippen LogP contribution in [0.25, 0.3) is 0 Å². The highest BCUT2D eigenvalue weighted by Crippen LogP contribution is 2.13. The first-order chi connectivity index (χ1) is 6.09. The number of aryl methyl sites for hydroxylation is 1. The topological polar surface area (TPSA) is 38.0 Å². The SMILES string of the molecule is Cc1ccc(CNC(C)C)c(N)c1. The van der Waals surface area contributed by atoms with E-state index in [1.807, 2.05) is 6.07 Å². The molecular weight excluding hydrogens is 160 g/mol. The normalized spacial score (nSPS) is 10.8. The molecule has 1 rings (SSSR count). The van der Waals surface area contributed by atoms with Gasteiger partial charge in [-0.1, -0.05) is 26.0 Å². The third-order valence-corrected chi connectivity index (χ3v) is 2.00. The van der Waals surface area contributed by atoms with E-state index in [9.17, 15) is 0 Å². The molecule has 0 amide bonds. The highest BCUT2D eigenvalue weighted by molar-refractivity contribution is 5.48. The Morgan fingerprint density at radius 1 is 1.38 bits per heavy atom. The average Bonchev–Trinajstić information content (AvgIpc) is 2.02. The van der Waals surface area contributed by atoms with E-state index in [1.165, 1.54) is 11.1 Å². The summed E-state index contributed by atoms with van der Waals surface area (Å²) in [5.41, 5.74) is 9.14. The molecule has 0 spiro atoms. The first kappa shape index (κ1) is 10.1. The fourth-order valence-electron chi connectivity index (χ4n) is 1.19. The van der Waals surface area contributed by atoms with Crippen LogP contribution >= 0.6 is 0 Å². The number of hydrogen-bond acceptors (Lipinski definition) is 2. The zero-order chi connectivity index (χ0) is 9.84. The molecule has 0 aromatic heterocycles. The molecule has 1 aromatic carbocycles. The van der Waals surface area contributed by atoms with Crippen LogP contribution in [0.15, 0.2) is 18.2 Å². The Labute approximate surface area is 80.1 Å². The van der Waals surface area contributed by atoms with Gasteiger partial charge in [0, 0.05) is 18.3 Å². The summed E-state index contributed by atoms with van der Waals surface area (Å²) in [5, 5.41) is 3.34. The Morgan fingerprint density at radius 2 is 2.08 bits per heavy atom. The Bertz CT molecular complexity index is 279. The van der Waals surface area contributed by atoms with Gasteiger partial charge in [0.2, 0.25) is 0 Å². The van der Waals surface area contributed by atoms with Crippen molar-refractivity contribution in [2.45, 2.75) is 33.4 Å². The lowest BCUT2D eigenvalue weighted by Crippen LogP contribution is -2.22. The summed E-state index contributed by atoms with van der Waals surface area (Å²) in [4.78, 5) is 0. The Morgan fingerprint density at radius 3 is 2.62 bits per heavy atom. The largest absolute Gasteiger partial charge is 0.398 e. The number of nitrogen functional groups attached to an aromatic ring is 1. The number of hydrogen-bond donors (Lipinski definition) is 2. The number of rotatable bonds is 3. The van der Waals surface area contributed by atoms with Gasteiger partial charge in [0.15, 0.2) is 0 Å². The van der Waals surface area contributed by atoms with E-state index < -0.39 is 0 Å². The molecule has 0 heterocycles. The lowest BCUT2D eigenvalue weighted by Gasteiger charge is -2.10. The fourth-order valence-corrected chi connectivity index (χ4v) is 1.19. The molecule has 0 atom stereocenters. The number of anilines is 1. The van der Waals surface area contributed by atoms with Gasteiger partial charge in [-0.2, -0.15) is 0 Å². The maximum Gasteiger partial charge on any atom is 0.0362 e. The van der Waals surface area contributed by atoms with Gasteiger partial charge < -0.3 is 11.1 Å². The highest BCUT2D eigenvalue weighted by atomic mass is 14.9. The Balaban J connectivity index is 2.67. The second kappa shape index (κ2) is 4.28. The number of benzene rings is 1. The molecule has 72 valence electrons. The van der Waals surface area contributed by atoms with E-state index in [4.69, 9.17) is 5.73 Å². The van der Waals surface area contributed by atoms with Crippen LogP contribution in [-0.2, 0) is 6.54 Å². The molecule has 0 fully saturated rings. The van der Waals surface area contributed by atoms with Crippen molar-refractivity contribution < 1.29 is 0 Å². The molecule has 0 aliphatic carbocycles. The minimum absolute atomic E-state index is 0.501. The van der Waals surface area contributed by atoms with Crippen LogP contribution in [0.1, 0.15) is 25.0 Å². The van der Waals surface area contributed by atoms with Gasteiger partial charge in [-0.05, 0) is 24.1 Å². The molecule has 1 aromatic rings. The van der Waals surface area contributed by atoms with Crippen LogP contribution in [0.2, 0.25) is 0 Å². The van der Waals surface area contributed by atoms with Gasteiger partial charge in [-0.15, -0.1) is 0 Å². The predicted molar refractivity (Wildman–Crippen MR) is 57.6 cm³/mol. The molecule has 13 heavy (non-hydrogen) atoms. The fraction of sp³-hybridized carbons (Fsp3) is 0.455. The third-order valence-electron chi connectivity index (χ3n) is 2.00. The van der Waals surface area contributed by atoms with Crippen LogP contribution in [0.5, 0.6) is 0 Å². The highest BCUT2D eigenvalue weighted by Gasteiger charge is 1.99. The Hall–Kier alpha value is -1.02. The van der Waals surface area contributed by atoms with Crippen molar-refractivity contribution in [3.05, 3.63) is 29.3 Å². The monoisotopic (exact) mass is 178 g/mol. The van der Waals surface area contributed by atoms with Crippen LogP contribution in [0, 0.1) is 6.92 Å². The van der Waals surface area contributed by atoms with Crippen LogP contribution in [0.4, 0.5) is 5.69 Å².